The standard InChI is InChI=1S/C17H19Cl2N3O3/c1-2-15(23)20-10-16(24)22-8-4-3-5-14(22)17(25)21-13-7-6-11(18)9-12(13)19/h2,6-7,9,14H,1,3-5,8,10H2,(H,20,23)(H,21,25). The first-order chi connectivity index (χ1) is 11.9. The summed E-state index contributed by atoms with van der Waals surface area (Å²) in [6.45, 7) is 3.63. The van der Waals surface area contributed by atoms with Crippen LogP contribution in [0.5, 0.6) is 0 Å². The Morgan fingerprint density at radius 2 is 2.04 bits per heavy atom. The third-order valence-corrected chi connectivity index (χ3v) is 4.46. The zero-order chi connectivity index (χ0) is 18.4. The van der Waals surface area contributed by atoms with Gasteiger partial charge in [0.05, 0.1) is 17.3 Å². The number of nitrogens with one attached hydrogen (secondary N) is 2. The summed E-state index contributed by atoms with van der Waals surface area (Å²) in [7, 11) is 0. The van der Waals surface area contributed by atoms with Crippen molar-refractivity contribution in [1.82, 2.24) is 10.2 Å². The summed E-state index contributed by atoms with van der Waals surface area (Å²) in [6, 6.07) is 4.17. The average Bonchev–Trinajstić information content (AvgIpc) is 2.61. The molecule has 6 nitrogen and oxygen atoms in total. The lowest BCUT2D eigenvalue weighted by atomic mass is 10.0. The van der Waals surface area contributed by atoms with Gasteiger partial charge in [0.15, 0.2) is 0 Å². The number of amides is 3. The Balaban J connectivity index is 2.05. The number of hydrogen-bond donors (Lipinski definition) is 2. The van der Waals surface area contributed by atoms with Crippen LogP contribution in [0.25, 0.3) is 0 Å². The molecule has 1 fully saturated rings. The fourth-order valence-corrected chi connectivity index (χ4v) is 3.10. The Hall–Kier alpha value is -2.05. The molecule has 1 aliphatic heterocycles. The second-order valence-corrected chi connectivity index (χ2v) is 6.48. The molecule has 1 aromatic carbocycles. The van der Waals surface area contributed by atoms with Crippen molar-refractivity contribution in [3.05, 3.63) is 40.9 Å². The molecule has 2 rings (SSSR count). The summed E-state index contributed by atoms with van der Waals surface area (Å²) in [5.41, 5.74) is 0.439. The molecule has 1 aliphatic rings. The molecular weight excluding hydrogens is 365 g/mol. The van der Waals surface area contributed by atoms with Gasteiger partial charge in [0.1, 0.15) is 6.04 Å². The predicted molar refractivity (Wildman–Crippen MR) is 97.7 cm³/mol. The molecule has 1 atom stereocenters. The van der Waals surface area contributed by atoms with Crippen LogP contribution in [0.3, 0.4) is 0 Å². The molecular formula is C17H19Cl2N3O3. The van der Waals surface area contributed by atoms with Crippen LogP contribution in [0.15, 0.2) is 30.9 Å². The number of carbonyl (C=O) groups excluding carboxylic acids is 3. The minimum atomic E-state index is -0.603. The SMILES string of the molecule is C=CC(=O)NCC(=O)N1CCCCC1C(=O)Nc1ccc(Cl)cc1Cl. The number of nitrogens with zero attached hydrogens (tertiary/aromatic N) is 1. The number of benzene rings is 1. The second kappa shape index (κ2) is 8.87. The van der Waals surface area contributed by atoms with Crippen LogP contribution in [0.2, 0.25) is 10.0 Å². The van der Waals surface area contributed by atoms with Crippen LogP contribution in [0, 0.1) is 0 Å². The van der Waals surface area contributed by atoms with E-state index in [2.05, 4.69) is 17.2 Å². The van der Waals surface area contributed by atoms with E-state index in [1.54, 1.807) is 12.1 Å². The minimum absolute atomic E-state index is 0.170. The number of halogens is 2. The van der Waals surface area contributed by atoms with Gasteiger partial charge in [-0.15, -0.1) is 0 Å². The molecule has 1 unspecified atom stereocenters. The van der Waals surface area contributed by atoms with Crippen LogP contribution in [0.1, 0.15) is 19.3 Å². The fourth-order valence-electron chi connectivity index (χ4n) is 2.65. The molecule has 1 aromatic rings. The first kappa shape index (κ1) is 19.3. The van der Waals surface area contributed by atoms with E-state index < -0.39 is 11.9 Å². The van der Waals surface area contributed by atoms with Crippen molar-refractivity contribution in [2.45, 2.75) is 25.3 Å². The van der Waals surface area contributed by atoms with Crippen molar-refractivity contribution in [2.75, 3.05) is 18.4 Å². The van der Waals surface area contributed by atoms with Crippen molar-refractivity contribution >= 4 is 46.6 Å². The zero-order valence-corrected chi connectivity index (χ0v) is 15.1. The third kappa shape index (κ3) is 5.21. The maximum atomic E-state index is 12.6. The lowest BCUT2D eigenvalue weighted by Crippen LogP contribution is -2.52. The van der Waals surface area contributed by atoms with E-state index in [0.717, 1.165) is 18.9 Å². The van der Waals surface area contributed by atoms with E-state index in [-0.39, 0.29) is 18.4 Å². The molecule has 1 heterocycles. The molecule has 0 radical (unpaired) electrons. The lowest BCUT2D eigenvalue weighted by Gasteiger charge is -2.34. The van der Waals surface area contributed by atoms with Crippen LogP contribution in [-0.2, 0) is 14.4 Å². The molecule has 3 amide bonds. The van der Waals surface area contributed by atoms with Gasteiger partial charge >= 0.3 is 0 Å². The fraction of sp³-hybridized carbons (Fsp3) is 0.353. The van der Waals surface area contributed by atoms with Crippen LogP contribution in [0.4, 0.5) is 5.69 Å². The Bertz CT molecular complexity index is 694. The van der Waals surface area contributed by atoms with Gasteiger partial charge in [0, 0.05) is 11.6 Å². The Kier molecular flexibility index (Phi) is 6.84. The average molecular weight is 384 g/mol. The number of likely N-dealkylation sites (tertiary alicyclic amines) is 1. The van der Waals surface area contributed by atoms with Gasteiger partial charge in [0.25, 0.3) is 0 Å². The van der Waals surface area contributed by atoms with Crippen LogP contribution >= 0.6 is 23.2 Å². The van der Waals surface area contributed by atoms with E-state index in [9.17, 15) is 14.4 Å². The summed E-state index contributed by atoms with van der Waals surface area (Å²) in [5, 5.41) is 5.97. The van der Waals surface area contributed by atoms with Crippen molar-refractivity contribution in [2.24, 2.45) is 0 Å². The molecule has 134 valence electrons. The molecule has 0 bridgehead atoms. The highest BCUT2D eigenvalue weighted by Crippen LogP contribution is 2.26. The highest BCUT2D eigenvalue weighted by molar-refractivity contribution is 6.36. The van der Waals surface area contributed by atoms with E-state index >= 15 is 0 Å². The van der Waals surface area contributed by atoms with Gasteiger partial charge in [-0.05, 0) is 43.5 Å². The van der Waals surface area contributed by atoms with E-state index in [4.69, 9.17) is 23.2 Å². The molecule has 0 saturated carbocycles. The summed E-state index contributed by atoms with van der Waals surface area (Å²) < 4.78 is 0. The smallest absolute Gasteiger partial charge is 0.247 e. The monoisotopic (exact) mass is 383 g/mol. The first-order valence-corrected chi connectivity index (χ1v) is 8.63. The van der Waals surface area contributed by atoms with Gasteiger partial charge in [0.2, 0.25) is 17.7 Å². The maximum Gasteiger partial charge on any atom is 0.247 e. The molecule has 0 aliphatic carbocycles. The Morgan fingerprint density at radius 1 is 1.28 bits per heavy atom. The summed E-state index contributed by atoms with van der Waals surface area (Å²) in [4.78, 5) is 37.7. The Morgan fingerprint density at radius 3 is 2.72 bits per heavy atom. The van der Waals surface area contributed by atoms with E-state index in [1.165, 1.54) is 11.0 Å². The maximum absolute atomic E-state index is 12.6. The largest absolute Gasteiger partial charge is 0.343 e. The van der Waals surface area contributed by atoms with Crippen LogP contribution < -0.4 is 10.6 Å². The highest BCUT2D eigenvalue weighted by atomic mass is 35.5. The quantitative estimate of drug-likeness (QED) is 0.767. The molecule has 8 heteroatoms. The van der Waals surface area contributed by atoms with Crippen LogP contribution in [-0.4, -0.2) is 41.8 Å². The van der Waals surface area contributed by atoms with Gasteiger partial charge in [-0.25, -0.2) is 0 Å². The van der Waals surface area contributed by atoms with Gasteiger partial charge in [-0.3, -0.25) is 14.4 Å². The zero-order valence-electron chi connectivity index (χ0n) is 13.6. The first-order valence-electron chi connectivity index (χ1n) is 7.88. The molecule has 2 N–H and O–H groups in total. The lowest BCUT2D eigenvalue weighted by molar-refractivity contribution is -0.140. The summed E-state index contributed by atoms with van der Waals surface area (Å²) in [6.07, 6.45) is 3.30. The minimum Gasteiger partial charge on any atom is -0.343 e. The van der Waals surface area contributed by atoms with Gasteiger partial charge < -0.3 is 15.5 Å². The van der Waals surface area contributed by atoms with E-state index in [1.807, 2.05) is 0 Å². The topological polar surface area (TPSA) is 78.5 Å². The number of hydrogen-bond acceptors (Lipinski definition) is 3. The molecule has 0 aromatic heterocycles. The summed E-state index contributed by atoms with van der Waals surface area (Å²) in [5.74, 6) is -1.05. The molecule has 0 spiro atoms. The number of anilines is 1. The van der Waals surface area contributed by atoms with Crippen molar-refractivity contribution in [3.63, 3.8) is 0 Å². The predicted octanol–water partition coefficient (Wildman–Crippen LogP) is 2.62. The normalized spacial score (nSPS) is 16.9. The van der Waals surface area contributed by atoms with E-state index in [0.29, 0.717) is 28.7 Å². The number of carbonyl (C=O) groups is 3. The number of piperidine rings is 1. The van der Waals surface area contributed by atoms with Crippen molar-refractivity contribution < 1.29 is 14.4 Å². The summed E-state index contributed by atoms with van der Waals surface area (Å²) >= 11 is 11.9. The molecule has 1 saturated heterocycles. The highest BCUT2D eigenvalue weighted by Gasteiger charge is 2.32. The van der Waals surface area contributed by atoms with Gasteiger partial charge in [-0.2, -0.15) is 0 Å². The number of rotatable bonds is 5. The van der Waals surface area contributed by atoms with Gasteiger partial charge in [-0.1, -0.05) is 29.8 Å². The molecule has 25 heavy (non-hydrogen) atoms. The third-order valence-electron chi connectivity index (χ3n) is 3.91. The van der Waals surface area contributed by atoms with Crippen molar-refractivity contribution in [3.8, 4) is 0 Å². The van der Waals surface area contributed by atoms with Crippen molar-refractivity contribution in [1.29, 1.82) is 0 Å². The Labute approximate surface area is 156 Å². The second-order valence-electron chi connectivity index (χ2n) is 5.63.